The Morgan fingerprint density at radius 1 is 1.25 bits per heavy atom. The molecule has 1 aliphatic rings. The molecule has 0 spiro atoms. The Morgan fingerprint density at radius 2 is 2.07 bits per heavy atom. The predicted molar refractivity (Wildman–Crippen MR) is 111 cm³/mol. The number of nitrogens with one attached hydrogen (secondary N) is 1. The minimum Gasteiger partial charge on any atom is -0.497 e. The number of carbonyl (C=O) groups excluding carboxylic acids is 2. The number of ether oxygens (including phenoxy) is 1. The fourth-order valence-corrected chi connectivity index (χ4v) is 4.80. The van der Waals surface area contributed by atoms with Crippen LogP contribution in [0.25, 0.3) is 10.6 Å². The molecule has 1 atom stereocenters. The van der Waals surface area contributed by atoms with E-state index in [-0.39, 0.29) is 11.8 Å². The van der Waals surface area contributed by atoms with E-state index in [1.165, 1.54) is 11.3 Å². The number of methoxy groups -OCH3 is 1. The molecule has 1 fully saturated rings. The highest BCUT2D eigenvalue weighted by atomic mass is 32.1. The zero-order valence-electron chi connectivity index (χ0n) is 15.3. The lowest BCUT2D eigenvalue weighted by atomic mass is 10.2. The standard InChI is InChI=1S/C20H19N3O3S2/c1-26-15-6-4-14(5-7-15)22-18(24)16-3-2-9-23(16)20(25)17-11-21-19(28-17)13-8-10-27-12-13/h4-8,10-12,16H,2-3,9H2,1H3,(H,22,24). The molecule has 1 saturated heterocycles. The van der Waals surface area contributed by atoms with Gasteiger partial charge in [-0.2, -0.15) is 11.3 Å². The molecule has 6 nitrogen and oxygen atoms in total. The van der Waals surface area contributed by atoms with E-state index in [2.05, 4.69) is 10.3 Å². The number of amides is 2. The molecule has 2 amide bonds. The average molecular weight is 414 g/mol. The van der Waals surface area contributed by atoms with Crippen LogP contribution in [-0.4, -0.2) is 41.4 Å². The molecular formula is C20H19N3O3S2. The first-order valence-corrected chi connectivity index (χ1v) is 10.7. The van der Waals surface area contributed by atoms with Gasteiger partial charge in [-0.3, -0.25) is 9.59 Å². The van der Waals surface area contributed by atoms with E-state index in [1.807, 2.05) is 16.8 Å². The normalized spacial score (nSPS) is 16.2. The Bertz CT molecular complexity index is 967. The van der Waals surface area contributed by atoms with Crippen molar-refractivity contribution in [2.45, 2.75) is 18.9 Å². The van der Waals surface area contributed by atoms with Gasteiger partial charge in [-0.05, 0) is 48.6 Å². The van der Waals surface area contributed by atoms with Crippen molar-refractivity contribution in [2.24, 2.45) is 0 Å². The number of aromatic nitrogens is 1. The van der Waals surface area contributed by atoms with Gasteiger partial charge in [0.1, 0.15) is 21.7 Å². The summed E-state index contributed by atoms with van der Waals surface area (Å²) in [6, 6.07) is 8.66. The fraction of sp³-hybridized carbons (Fsp3) is 0.250. The van der Waals surface area contributed by atoms with E-state index in [9.17, 15) is 9.59 Å². The van der Waals surface area contributed by atoms with Crippen LogP contribution >= 0.6 is 22.7 Å². The van der Waals surface area contributed by atoms with Gasteiger partial charge >= 0.3 is 0 Å². The van der Waals surface area contributed by atoms with Gasteiger partial charge in [0.25, 0.3) is 5.91 Å². The number of thiophene rings is 1. The molecule has 1 N–H and O–H groups in total. The Labute approximate surface area is 170 Å². The third-order valence-corrected chi connectivity index (χ3v) is 6.38. The predicted octanol–water partition coefficient (Wildman–Crippen LogP) is 4.12. The van der Waals surface area contributed by atoms with E-state index >= 15 is 0 Å². The molecular weight excluding hydrogens is 394 g/mol. The average Bonchev–Trinajstić information content (AvgIpc) is 3.49. The molecule has 28 heavy (non-hydrogen) atoms. The number of thiazole rings is 1. The lowest BCUT2D eigenvalue weighted by Crippen LogP contribution is -2.42. The maximum absolute atomic E-state index is 13.0. The number of carbonyl (C=O) groups is 2. The third-order valence-electron chi connectivity index (χ3n) is 4.66. The van der Waals surface area contributed by atoms with Gasteiger partial charge in [0.15, 0.2) is 0 Å². The summed E-state index contributed by atoms with van der Waals surface area (Å²) in [6.45, 7) is 0.575. The van der Waals surface area contributed by atoms with Crippen LogP contribution in [0.3, 0.4) is 0 Å². The minimum atomic E-state index is -0.471. The van der Waals surface area contributed by atoms with E-state index < -0.39 is 6.04 Å². The molecule has 0 aliphatic carbocycles. The SMILES string of the molecule is COc1ccc(NC(=O)C2CCCN2C(=O)c2cnc(-c3ccsc3)s2)cc1. The fourth-order valence-electron chi connectivity index (χ4n) is 3.22. The van der Waals surface area contributed by atoms with Crippen molar-refractivity contribution >= 4 is 40.2 Å². The second-order valence-electron chi connectivity index (χ2n) is 6.42. The number of anilines is 1. The zero-order chi connectivity index (χ0) is 19.5. The molecule has 3 heterocycles. The maximum atomic E-state index is 13.0. The Morgan fingerprint density at radius 3 is 2.79 bits per heavy atom. The third kappa shape index (κ3) is 3.79. The van der Waals surface area contributed by atoms with Gasteiger partial charge in [0.2, 0.25) is 5.91 Å². The molecule has 1 aromatic carbocycles. The Kier molecular flexibility index (Phi) is 5.40. The van der Waals surface area contributed by atoms with E-state index in [1.54, 1.807) is 53.8 Å². The van der Waals surface area contributed by atoms with Gasteiger partial charge in [0.05, 0.1) is 13.3 Å². The summed E-state index contributed by atoms with van der Waals surface area (Å²) in [5.41, 5.74) is 1.70. The van der Waals surface area contributed by atoms with Crippen molar-refractivity contribution in [3.05, 3.63) is 52.2 Å². The van der Waals surface area contributed by atoms with Gasteiger partial charge in [-0.1, -0.05) is 0 Å². The molecule has 8 heteroatoms. The summed E-state index contributed by atoms with van der Waals surface area (Å²) >= 11 is 2.96. The van der Waals surface area contributed by atoms with Crippen LogP contribution in [0.2, 0.25) is 0 Å². The van der Waals surface area contributed by atoms with Crippen molar-refractivity contribution in [3.8, 4) is 16.3 Å². The molecule has 1 aliphatic heterocycles. The summed E-state index contributed by atoms with van der Waals surface area (Å²) in [5.74, 6) is 0.423. The lowest BCUT2D eigenvalue weighted by molar-refractivity contribution is -0.119. The first-order chi connectivity index (χ1) is 13.7. The molecule has 0 bridgehead atoms. The number of nitrogens with zero attached hydrogens (tertiary/aromatic N) is 2. The second kappa shape index (κ2) is 8.12. The number of benzene rings is 1. The summed E-state index contributed by atoms with van der Waals surface area (Å²) in [7, 11) is 1.60. The first-order valence-electron chi connectivity index (χ1n) is 8.90. The molecule has 4 rings (SSSR count). The first kappa shape index (κ1) is 18.6. The van der Waals surface area contributed by atoms with Crippen LogP contribution in [0.5, 0.6) is 5.75 Å². The van der Waals surface area contributed by atoms with Crippen LogP contribution < -0.4 is 10.1 Å². The molecule has 3 aromatic rings. The molecule has 0 saturated carbocycles. The molecule has 2 aromatic heterocycles. The van der Waals surface area contributed by atoms with E-state index in [0.717, 1.165) is 22.7 Å². The van der Waals surface area contributed by atoms with Crippen molar-refractivity contribution in [1.82, 2.24) is 9.88 Å². The van der Waals surface area contributed by atoms with Crippen molar-refractivity contribution in [2.75, 3.05) is 19.0 Å². The quantitative estimate of drug-likeness (QED) is 0.683. The zero-order valence-corrected chi connectivity index (χ0v) is 16.9. The highest BCUT2D eigenvalue weighted by molar-refractivity contribution is 7.17. The van der Waals surface area contributed by atoms with Crippen LogP contribution in [0.15, 0.2) is 47.3 Å². The molecule has 144 valence electrons. The smallest absolute Gasteiger partial charge is 0.266 e. The second-order valence-corrected chi connectivity index (χ2v) is 8.23. The number of hydrogen-bond acceptors (Lipinski definition) is 6. The summed E-state index contributed by atoms with van der Waals surface area (Å²) in [6.07, 6.45) is 3.07. The van der Waals surface area contributed by atoms with E-state index in [4.69, 9.17) is 4.74 Å². The van der Waals surface area contributed by atoms with Gasteiger partial charge in [-0.25, -0.2) is 4.98 Å². The highest BCUT2D eigenvalue weighted by Crippen LogP contribution is 2.29. The summed E-state index contributed by atoms with van der Waals surface area (Å²) < 4.78 is 5.13. The number of likely N-dealkylation sites (tertiary alicyclic amines) is 1. The van der Waals surface area contributed by atoms with Gasteiger partial charge in [0, 0.05) is 23.2 Å². The van der Waals surface area contributed by atoms with Crippen LogP contribution in [0.4, 0.5) is 5.69 Å². The number of rotatable bonds is 5. The van der Waals surface area contributed by atoms with E-state index in [0.29, 0.717) is 23.5 Å². The van der Waals surface area contributed by atoms with Crippen molar-refractivity contribution in [3.63, 3.8) is 0 Å². The summed E-state index contributed by atoms with van der Waals surface area (Å²) in [5, 5.41) is 7.71. The Balaban J connectivity index is 1.46. The largest absolute Gasteiger partial charge is 0.497 e. The lowest BCUT2D eigenvalue weighted by Gasteiger charge is -2.23. The van der Waals surface area contributed by atoms with Gasteiger partial charge < -0.3 is 15.0 Å². The maximum Gasteiger partial charge on any atom is 0.266 e. The van der Waals surface area contributed by atoms with Crippen molar-refractivity contribution < 1.29 is 14.3 Å². The van der Waals surface area contributed by atoms with Crippen LogP contribution in [0, 0.1) is 0 Å². The van der Waals surface area contributed by atoms with Crippen molar-refractivity contribution in [1.29, 1.82) is 0 Å². The highest BCUT2D eigenvalue weighted by Gasteiger charge is 2.35. The Hall–Kier alpha value is -2.71. The topological polar surface area (TPSA) is 71.5 Å². The number of hydrogen-bond donors (Lipinski definition) is 1. The minimum absolute atomic E-state index is 0.133. The molecule has 0 radical (unpaired) electrons. The van der Waals surface area contributed by atoms with Crippen LogP contribution in [-0.2, 0) is 4.79 Å². The summed E-state index contributed by atoms with van der Waals surface area (Å²) in [4.78, 5) is 32.3. The van der Waals surface area contributed by atoms with Gasteiger partial charge in [-0.15, -0.1) is 11.3 Å². The monoisotopic (exact) mass is 413 g/mol. The molecule has 1 unspecified atom stereocenters. The van der Waals surface area contributed by atoms with Crippen LogP contribution in [0.1, 0.15) is 22.5 Å².